The summed E-state index contributed by atoms with van der Waals surface area (Å²) in [6.45, 7) is -0.0589. The molecule has 0 spiro atoms. The van der Waals surface area contributed by atoms with Crippen LogP contribution in [0, 0.1) is 0 Å². The normalized spacial score (nSPS) is 10.7. The molecule has 0 bridgehead atoms. The number of hydrogen-bond donors (Lipinski definition) is 2. The second-order valence-electron chi connectivity index (χ2n) is 4.26. The highest BCUT2D eigenvalue weighted by Crippen LogP contribution is 2.24. The van der Waals surface area contributed by atoms with Gasteiger partial charge in [-0.2, -0.15) is 5.10 Å². The maximum absolute atomic E-state index is 9.38. The highest BCUT2D eigenvalue weighted by Gasteiger charge is 2.09. The van der Waals surface area contributed by atoms with E-state index in [9.17, 15) is 5.11 Å². The van der Waals surface area contributed by atoms with E-state index in [1.807, 2.05) is 30.3 Å². The number of aliphatic hydroxyl groups is 1. The first-order valence-corrected chi connectivity index (χ1v) is 6.15. The maximum Gasteiger partial charge on any atom is 0.158 e. The Bertz CT molecular complexity index is 739. The lowest BCUT2D eigenvalue weighted by Gasteiger charge is -2.09. The average molecular weight is 270 g/mol. The topological polar surface area (TPSA) is 71.7 Å². The number of hydrogen-bond acceptors (Lipinski definition) is 5. The molecular weight excluding hydrogens is 256 g/mol. The predicted octanol–water partition coefficient (Wildman–Crippen LogP) is 1.97. The molecule has 20 heavy (non-hydrogen) atoms. The highest BCUT2D eigenvalue weighted by atomic mass is 16.5. The SMILES string of the molecule is COc1cccc(Nc2ncnn3ccc(CO)c23)c1. The lowest BCUT2D eigenvalue weighted by Crippen LogP contribution is -2.01. The second kappa shape index (κ2) is 5.18. The molecule has 1 aromatic carbocycles. The zero-order chi connectivity index (χ0) is 13.9. The van der Waals surface area contributed by atoms with E-state index in [-0.39, 0.29) is 6.61 Å². The van der Waals surface area contributed by atoms with E-state index in [4.69, 9.17) is 4.74 Å². The first kappa shape index (κ1) is 12.4. The van der Waals surface area contributed by atoms with Crippen molar-refractivity contribution in [2.75, 3.05) is 12.4 Å². The molecule has 0 atom stereocenters. The summed E-state index contributed by atoms with van der Waals surface area (Å²) in [5, 5.41) is 16.7. The summed E-state index contributed by atoms with van der Waals surface area (Å²) >= 11 is 0. The van der Waals surface area contributed by atoms with Crippen LogP contribution >= 0.6 is 0 Å². The van der Waals surface area contributed by atoms with E-state index < -0.39 is 0 Å². The van der Waals surface area contributed by atoms with Crippen LogP contribution in [0.25, 0.3) is 5.52 Å². The molecule has 2 aromatic heterocycles. The Morgan fingerprint density at radius 1 is 1.35 bits per heavy atom. The Balaban J connectivity index is 2.03. The van der Waals surface area contributed by atoms with Crippen LogP contribution in [0.15, 0.2) is 42.9 Å². The number of benzene rings is 1. The van der Waals surface area contributed by atoms with Gasteiger partial charge in [-0.05, 0) is 18.2 Å². The molecule has 0 fully saturated rings. The second-order valence-corrected chi connectivity index (χ2v) is 4.26. The molecule has 0 amide bonds. The molecule has 3 rings (SSSR count). The number of aliphatic hydroxyl groups excluding tert-OH is 1. The van der Waals surface area contributed by atoms with Crippen molar-refractivity contribution in [3.63, 3.8) is 0 Å². The van der Waals surface area contributed by atoms with E-state index in [2.05, 4.69) is 15.4 Å². The number of methoxy groups -OCH3 is 1. The van der Waals surface area contributed by atoms with Crippen LogP contribution in [-0.4, -0.2) is 26.8 Å². The Kier molecular flexibility index (Phi) is 3.22. The van der Waals surface area contributed by atoms with Crippen LogP contribution in [0.1, 0.15) is 5.56 Å². The van der Waals surface area contributed by atoms with Crippen molar-refractivity contribution < 1.29 is 9.84 Å². The molecule has 0 aliphatic rings. The first-order valence-electron chi connectivity index (χ1n) is 6.15. The third-order valence-electron chi connectivity index (χ3n) is 3.04. The van der Waals surface area contributed by atoms with Crippen LogP contribution in [0.2, 0.25) is 0 Å². The number of anilines is 2. The summed E-state index contributed by atoms with van der Waals surface area (Å²) in [6, 6.07) is 9.38. The zero-order valence-corrected chi connectivity index (χ0v) is 10.9. The molecule has 6 nitrogen and oxygen atoms in total. The van der Waals surface area contributed by atoms with Crippen molar-refractivity contribution in [3.05, 3.63) is 48.4 Å². The third-order valence-corrected chi connectivity index (χ3v) is 3.04. The third kappa shape index (κ3) is 2.17. The molecule has 0 saturated carbocycles. The van der Waals surface area contributed by atoms with Crippen LogP contribution in [-0.2, 0) is 6.61 Å². The minimum absolute atomic E-state index is 0.0589. The van der Waals surface area contributed by atoms with Crippen LogP contribution in [0.3, 0.4) is 0 Å². The summed E-state index contributed by atoms with van der Waals surface area (Å²) in [5.74, 6) is 1.40. The smallest absolute Gasteiger partial charge is 0.158 e. The maximum atomic E-state index is 9.38. The van der Waals surface area contributed by atoms with Crippen molar-refractivity contribution in [1.82, 2.24) is 14.6 Å². The van der Waals surface area contributed by atoms with Gasteiger partial charge in [-0.15, -0.1) is 0 Å². The van der Waals surface area contributed by atoms with Crippen molar-refractivity contribution in [2.24, 2.45) is 0 Å². The lowest BCUT2D eigenvalue weighted by atomic mass is 10.2. The molecule has 0 unspecified atom stereocenters. The summed E-state index contributed by atoms with van der Waals surface area (Å²) in [5.41, 5.74) is 2.39. The van der Waals surface area contributed by atoms with Gasteiger partial charge in [-0.25, -0.2) is 9.50 Å². The summed E-state index contributed by atoms with van der Waals surface area (Å²) in [4.78, 5) is 4.24. The molecule has 2 N–H and O–H groups in total. The Hall–Kier alpha value is -2.60. The number of ether oxygens (including phenoxy) is 1. The van der Waals surface area contributed by atoms with Crippen molar-refractivity contribution in [1.29, 1.82) is 0 Å². The van der Waals surface area contributed by atoms with Crippen molar-refractivity contribution >= 4 is 17.0 Å². The fraction of sp³-hybridized carbons (Fsp3) is 0.143. The van der Waals surface area contributed by atoms with Crippen molar-refractivity contribution in [3.8, 4) is 5.75 Å². The minimum Gasteiger partial charge on any atom is -0.497 e. The monoisotopic (exact) mass is 270 g/mol. The minimum atomic E-state index is -0.0589. The number of nitrogens with one attached hydrogen (secondary N) is 1. The molecule has 0 aliphatic heterocycles. The fourth-order valence-electron chi connectivity index (χ4n) is 2.07. The van der Waals surface area contributed by atoms with Gasteiger partial charge in [0.05, 0.1) is 13.7 Å². The highest BCUT2D eigenvalue weighted by molar-refractivity contribution is 5.76. The van der Waals surface area contributed by atoms with E-state index in [1.165, 1.54) is 6.33 Å². The van der Waals surface area contributed by atoms with Gasteiger partial charge in [0, 0.05) is 23.5 Å². The summed E-state index contributed by atoms with van der Waals surface area (Å²) in [6.07, 6.45) is 3.26. The van der Waals surface area contributed by atoms with Gasteiger partial charge in [0.1, 0.15) is 17.6 Å². The number of nitrogens with zero attached hydrogens (tertiary/aromatic N) is 3. The lowest BCUT2D eigenvalue weighted by molar-refractivity contribution is 0.283. The van der Waals surface area contributed by atoms with E-state index >= 15 is 0 Å². The molecule has 0 saturated heterocycles. The van der Waals surface area contributed by atoms with Gasteiger partial charge >= 0.3 is 0 Å². The standard InChI is InChI=1S/C14H14N4O2/c1-20-12-4-2-3-11(7-12)17-14-13-10(8-19)5-6-18(13)16-9-15-14/h2-7,9,19H,8H2,1H3,(H,15,16,17). The summed E-state index contributed by atoms with van der Waals surface area (Å²) < 4.78 is 6.87. The Morgan fingerprint density at radius 2 is 2.25 bits per heavy atom. The molecule has 0 aliphatic carbocycles. The Morgan fingerprint density at radius 3 is 3.05 bits per heavy atom. The van der Waals surface area contributed by atoms with Gasteiger partial charge in [-0.3, -0.25) is 0 Å². The van der Waals surface area contributed by atoms with Gasteiger partial charge < -0.3 is 15.2 Å². The van der Waals surface area contributed by atoms with E-state index in [0.717, 1.165) is 22.5 Å². The van der Waals surface area contributed by atoms with E-state index in [1.54, 1.807) is 17.8 Å². The zero-order valence-electron chi connectivity index (χ0n) is 10.9. The first-order chi connectivity index (χ1) is 9.81. The number of fused-ring (bicyclic) bond motifs is 1. The van der Waals surface area contributed by atoms with Gasteiger partial charge in [0.2, 0.25) is 0 Å². The predicted molar refractivity (Wildman–Crippen MR) is 75.2 cm³/mol. The van der Waals surface area contributed by atoms with Crippen molar-refractivity contribution in [2.45, 2.75) is 6.61 Å². The fourth-order valence-corrected chi connectivity index (χ4v) is 2.07. The molecular formula is C14H14N4O2. The van der Waals surface area contributed by atoms with Crippen LogP contribution in [0.5, 0.6) is 5.75 Å². The van der Waals surface area contributed by atoms with Gasteiger partial charge in [0.25, 0.3) is 0 Å². The molecule has 3 aromatic rings. The number of aromatic nitrogens is 3. The molecule has 6 heteroatoms. The van der Waals surface area contributed by atoms with E-state index in [0.29, 0.717) is 5.82 Å². The molecule has 2 heterocycles. The summed E-state index contributed by atoms with van der Waals surface area (Å²) in [7, 11) is 1.62. The van der Waals surface area contributed by atoms with Gasteiger partial charge in [-0.1, -0.05) is 6.07 Å². The Labute approximate surface area is 115 Å². The molecule has 0 radical (unpaired) electrons. The average Bonchev–Trinajstić information content (AvgIpc) is 2.92. The largest absolute Gasteiger partial charge is 0.497 e. The number of rotatable bonds is 4. The van der Waals surface area contributed by atoms with Gasteiger partial charge in [0.15, 0.2) is 5.82 Å². The van der Waals surface area contributed by atoms with Crippen LogP contribution < -0.4 is 10.1 Å². The van der Waals surface area contributed by atoms with Crippen LogP contribution in [0.4, 0.5) is 11.5 Å². The molecule has 102 valence electrons. The quantitative estimate of drug-likeness (QED) is 0.758.